The fourth-order valence-corrected chi connectivity index (χ4v) is 4.85. The summed E-state index contributed by atoms with van der Waals surface area (Å²) in [5, 5.41) is 0. The van der Waals surface area contributed by atoms with Crippen LogP contribution in [0.3, 0.4) is 0 Å². The van der Waals surface area contributed by atoms with Gasteiger partial charge in [-0.05, 0) is 54.8 Å². The zero-order valence-electron chi connectivity index (χ0n) is 18.5. The number of benzene rings is 2. The molecule has 8 heteroatoms. The molecule has 0 radical (unpaired) electrons. The van der Waals surface area contributed by atoms with Crippen molar-refractivity contribution in [2.75, 3.05) is 52.5 Å². The first kappa shape index (κ1) is 21.7. The van der Waals surface area contributed by atoms with E-state index in [4.69, 9.17) is 9.47 Å². The molecule has 0 N–H and O–H groups in total. The molecule has 2 amide bonds. The number of ether oxygens (including phenoxy) is 2. The fourth-order valence-electron chi connectivity index (χ4n) is 4.85. The van der Waals surface area contributed by atoms with Gasteiger partial charge in [-0.1, -0.05) is 6.07 Å². The predicted octanol–water partition coefficient (Wildman–Crippen LogP) is 2.72. The summed E-state index contributed by atoms with van der Waals surface area (Å²) in [7, 11) is 0. The van der Waals surface area contributed by atoms with Gasteiger partial charge in [0.1, 0.15) is 19.0 Å². The quantitative estimate of drug-likeness (QED) is 0.713. The van der Waals surface area contributed by atoms with Gasteiger partial charge in [-0.3, -0.25) is 14.5 Å². The lowest BCUT2D eigenvalue weighted by Crippen LogP contribution is -2.51. The molecule has 0 aliphatic carbocycles. The lowest BCUT2D eigenvalue weighted by atomic mass is 10.0. The summed E-state index contributed by atoms with van der Waals surface area (Å²) in [5.41, 5.74) is 1.57. The highest BCUT2D eigenvalue weighted by Crippen LogP contribution is 2.38. The van der Waals surface area contributed by atoms with Crippen LogP contribution in [0.4, 0.5) is 4.39 Å². The normalized spacial score (nSPS) is 20.7. The largest absolute Gasteiger partial charge is 0.486 e. The summed E-state index contributed by atoms with van der Waals surface area (Å²) < 4.78 is 24.5. The third-order valence-electron chi connectivity index (χ3n) is 6.63. The molecule has 2 aromatic rings. The smallest absolute Gasteiger partial charge is 0.253 e. The number of likely N-dealkylation sites (tertiary alicyclic amines) is 1. The van der Waals surface area contributed by atoms with Crippen molar-refractivity contribution in [1.82, 2.24) is 14.7 Å². The minimum atomic E-state index is -0.355. The Kier molecular flexibility index (Phi) is 6.17. The number of halogens is 1. The number of hydrogen-bond acceptors (Lipinski definition) is 5. The molecule has 0 aromatic heterocycles. The minimum absolute atomic E-state index is 0.0506. The van der Waals surface area contributed by atoms with E-state index in [2.05, 4.69) is 4.90 Å². The van der Waals surface area contributed by atoms with Gasteiger partial charge in [-0.2, -0.15) is 0 Å². The van der Waals surface area contributed by atoms with Crippen molar-refractivity contribution in [1.29, 1.82) is 0 Å². The van der Waals surface area contributed by atoms with Gasteiger partial charge in [0.25, 0.3) is 5.91 Å². The van der Waals surface area contributed by atoms with Crippen LogP contribution in [0.2, 0.25) is 0 Å². The maximum absolute atomic E-state index is 13.2. The standard InChI is InChI=1S/C25H28FN3O4/c26-20-6-3-18(4-7-20)25(31)28-12-10-27(11-13-28)17-24(30)29-9-1-2-21(29)19-5-8-22-23(16-19)33-15-14-32-22/h3-8,16,21H,1-2,9-15,17H2. The van der Waals surface area contributed by atoms with Crippen LogP contribution < -0.4 is 9.47 Å². The average molecular weight is 454 g/mol. The molecule has 0 bridgehead atoms. The van der Waals surface area contributed by atoms with Crippen molar-refractivity contribution >= 4 is 11.8 Å². The van der Waals surface area contributed by atoms with Crippen molar-refractivity contribution in [3.05, 3.63) is 59.4 Å². The van der Waals surface area contributed by atoms with Crippen molar-refractivity contribution < 1.29 is 23.5 Å². The summed E-state index contributed by atoms with van der Waals surface area (Å²) >= 11 is 0. The number of amides is 2. The second kappa shape index (κ2) is 9.39. The van der Waals surface area contributed by atoms with Crippen molar-refractivity contribution in [2.24, 2.45) is 0 Å². The molecule has 3 aliphatic heterocycles. The van der Waals surface area contributed by atoms with Crippen molar-refractivity contribution in [2.45, 2.75) is 18.9 Å². The van der Waals surface area contributed by atoms with E-state index in [-0.39, 0.29) is 23.7 Å². The number of fused-ring (bicyclic) bond motifs is 1. The van der Waals surface area contributed by atoms with Crippen LogP contribution in [0.1, 0.15) is 34.8 Å². The van der Waals surface area contributed by atoms with E-state index >= 15 is 0 Å². The third kappa shape index (κ3) is 4.66. The molecule has 5 rings (SSSR count). The first-order valence-corrected chi connectivity index (χ1v) is 11.5. The van der Waals surface area contributed by atoms with Gasteiger partial charge in [0.2, 0.25) is 5.91 Å². The highest BCUT2D eigenvalue weighted by Gasteiger charge is 2.32. The van der Waals surface area contributed by atoms with Gasteiger partial charge in [0.15, 0.2) is 11.5 Å². The Bertz CT molecular complexity index is 1020. The Hall–Kier alpha value is -3.13. The Morgan fingerprint density at radius 1 is 0.909 bits per heavy atom. The number of rotatable bonds is 4. The maximum atomic E-state index is 13.2. The molecule has 2 aromatic carbocycles. The predicted molar refractivity (Wildman–Crippen MR) is 120 cm³/mol. The Morgan fingerprint density at radius 3 is 2.39 bits per heavy atom. The maximum Gasteiger partial charge on any atom is 0.253 e. The van der Waals surface area contributed by atoms with Gasteiger partial charge < -0.3 is 19.3 Å². The molecule has 33 heavy (non-hydrogen) atoms. The Morgan fingerprint density at radius 2 is 1.64 bits per heavy atom. The van der Waals surface area contributed by atoms with E-state index in [9.17, 15) is 14.0 Å². The summed E-state index contributed by atoms with van der Waals surface area (Å²) in [6, 6.07) is 11.6. The minimum Gasteiger partial charge on any atom is -0.486 e. The summed E-state index contributed by atoms with van der Waals surface area (Å²) in [4.78, 5) is 31.7. The average Bonchev–Trinajstić information content (AvgIpc) is 3.34. The van der Waals surface area contributed by atoms with Crippen molar-refractivity contribution in [3.63, 3.8) is 0 Å². The SMILES string of the molecule is O=C(c1ccc(F)cc1)N1CCN(CC(=O)N2CCCC2c2ccc3c(c2)OCCO3)CC1. The molecule has 3 heterocycles. The zero-order chi connectivity index (χ0) is 22.8. The molecular formula is C25H28FN3O4. The molecule has 2 saturated heterocycles. The molecule has 2 fully saturated rings. The highest BCUT2D eigenvalue weighted by molar-refractivity contribution is 5.94. The molecular weight excluding hydrogens is 425 g/mol. The van der Waals surface area contributed by atoms with E-state index < -0.39 is 0 Å². The van der Waals surface area contributed by atoms with Gasteiger partial charge in [-0.15, -0.1) is 0 Å². The number of carbonyl (C=O) groups is 2. The number of piperazine rings is 1. The van der Waals surface area contributed by atoms with Crippen LogP contribution in [-0.4, -0.2) is 79.0 Å². The van der Waals surface area contributed by atoms with Crippen LogP contribution in [-0.2, 0) is 4.79 Å². The van der Waals surface area contributed by atoms with Gasteiger partial charge in [-0.25, -0.2) is 4.39 Å². The zero-order valence-corrected chi connectivity index (χ0v) is 18.5. The molecule has 3 aliphatic rings. The monoisotopic (exact) mass is 453 g/mol. The molecule has 0 saturated carbocycles. The molecule has 174 valence electrons. The molecule has 1 unspecified atom stereocenters. The summed E-state index contributed by atoms with van der Waals surface area (Å²) in [5.74, 6) is 1.17. The molecule has 7 nitrogen and oxygen atoms in total. The van der Waals surface area contributed by atoms with Crippen molar-refractivity contribution in [3.8, 4) is 11.5 Å². The number of carbonyl (C=O) groups excluding carboxylic acids is 2. The number of nitrogens with zero attached hydrogens (tertiary/aromatic N) is 3. The third-order valence-corrected chi connectivity index (χ3v) is 6.63. The molecule has 1 atom stereocenters. The summed E-state index contributed by atoms with van der Waals surface area (Å²) in [6.07, 6.45) is 1.91. The second-order valence-electron chi connectivity index (χ2n) is 8.72. The topological polar surface area (TPSA) is 62.3 Å². The van der Waals surface area contributed by atoms with Crippen LogP contribution in [0, 0.1) is 5.82 Å². The van der Waals surface area contributed by atoms with Gasteiger partial charge >= 0.3 is 0 Å². The van der Waals surface area contributed by atoms with Crippen LogP contribution in [0.25, 0.3) is 0 Å². The Labute approximate surface area is 192 Å². The van der Waals surface area contributed by atoms with E-state index in [1.165, 1.54) is 24.3 Å². The number of hydrogen-bond donors (Lipinski definition) is 0. The lowest BCUT2D eigenvalue weighted by Gasteiger charge is -2.36. The fraction of sp³-hybridized carbons (Fsp3) is 0.440. The summed E-state index contributed by atoms with van der Waals surface area (Å²) in [6.45, 7) is 4.58. The Balaban J connectivity index is 1.17. The van der Waals surface area contributed by atoms with Gasteiger partial charge in [0, 0.05) is 38.3 Å². The van der Waals surface area contributed by atoms with E-state index in [0.717, 1.165) is 36.4 Å². The molecule has 0 spiro atoms. The lowest BCUT2D eigenvalue weighted by molar-refractivity contribution is -0.133. The van der Waals surface area contributed by atoms with E-state index in [1.54, 1.807) is 4.90 Å². The first-order valence-electron chi connectivity index (χ1n) is 11.5. The second-order valence-corrected chi connectivity index (χ2v) is 8.72. The van der Waals surface area contributed by atoms with Crippen LogP contribution >= 0.6 is 0 Å². The highest BCUT2D eigenvalue weighted by atomic mass is 19.1. The van der Waals surface area contributed by atoms with E-state index in [1.807, 2.05) is 23.1 Å². The van der Waals surface area contributed by atoms with E-state index in [0.29, 0.717) is 51.5 Å². The van der Waals surface area contributed by atoms with Crippen LogP contribution in [0.5, 0.6) is 11.5 Å². The van der Waals surface area contributed by atoms with Gasteiger partial charge in [0.05, 0.1) is 12.6 Å². The first-order chi connectivity index (χ1) is 16.1. The van der Waals surface area contributed by atoms with Crippen LogP contribution in [0.15, 0.2) is 42.5 Å².